The summed E-state index contributed by atoms with van der Waals surface area (Å²) in [4.78, 5) is 35.1. The molecule has 2 aromatic heterocycles. The highest BCUT2D eigenvalue weighted by atomic mass is 35.5. The van der Waals surface area contributed by atoms with Crippen LogP contribution >= 0.6 is 11.6 Å². The number of hydrogen-bond acceptors (Lipinski definition) is 5. The van der Waals surface area contributed by atoms with Gasteiger partial charge in [0.1, 0.15) is 5.82 Å². The summed E-state index contributed by atoms with van der Waals surface area (Å²) in [6.07, 6.45) is 2.91. The second-order valence-corrected chi connectivity index (χ2v) is 9.10. The van der Waals surface area contributed by atoms with Crippen LogP contribution in [0.3, 0.4) is 0 Å². The summed E-state index contributed by atoms with van der Waals surface area (Å²) in [5.74, 6) is 0.665. The van der Waals surface area contributed by atoms with Crippen molar-refractivity contribution in [2.45, 2.75) is 38.1 Å². The fraction of sp³-hybridized carbons (Fsp3) is 0.320. The summed E-state index contributed by atoms with van der Waals surface area (Å²) < 4.78 is 1.62. The SMILES string of the molecule is O=C(CCc1ccccc1)N1CCC[C@H](c2nc3c(nnn3Cc3cccc(Cl)c3)c(=O)[nH]2)C1. The van der Waals surface area contributed by atoms with E-state index in [4.69, 9.17) is 16.6 Å². The number of carbonyl (C=O) groups is 1. The molecule has 8 nitrogen and oxygen atoms in total. The van der Waals surface area contributed by atoms with Gasteiger partial charge in [0.15, 0.2) is 11.2 Å². The first-order valence-corrected chi connectivity index (χ1v) is 11.8. The van der Waals surface area contributed by atoms with E-state index in [9.17, 15) is 9.59 Å². The van der Waals surface area contributed by atoms with E-state index >= 15 is 0 Å². The molecule has 1 atom stereocenters. The highest BCUT2D eigenvalue weighted by Crippen LogP contribution is 2.25. The highest BCUT2D eigenvalue weighted by molar-refractivity contribution is 6.30. The minimum Gasteiger partial charge on any atom is -0.342 e. The maximum atomic E-state index is 12.9. The maximum absolute atomic E-state index is 12.9. The first kappa shape index (κ1) is 22.3. The van der Waals surface area contributed by atoms with Crippen molar-refractivity contribution in [2.75, 3.05) is 13.1 Å². The summed E-state index contributed by atoms with van der Waals surface area (Å²) in [6.45, 7) is 1.67. The molecule has 0 unspecified atom stereocenters. The Morgan fingerprint density at radius 2 is 1.94 bits per heavy atom. The van der Waals surface area contributed by atoms with Gasteiger partial charge in [-0.25, -0.2) is 9.67 Å². The molecule has 0 aliphatic carbocycles. The Balaban J connectivity index is 1.33. The number of aromatic amines is 1. The molecule has 3 heterocycles. The van der Waals surface area contributed by atoms with E-state index in [-0.39, 0.29) is 22.9 Å². The number of hydrogen-bond donors (Lipinski definition) is 1. The van der Waals surface area contributed by atoms with Crippen LogP contribution in [0.5, 0.6) is 0 Å². The lowest BCUT2D eigenvalue weighted by Gasteiger charge is -2.32. The lowest BCUT2D eigenvalue weighted by atomic mass is 9.96. The monoisotopic (exact) mass is 476 g/mol. The number of piperidine rings is 1. The molecule has 1 aliphatic rings. The van der Waals surface area contributed by atoms with Crippen LogP contribution in [-0.4, -0.2) is 48.9 Å². The third-order valence-electron chi connectivity index (χ3n) is 6.24. The summed E-state index contributed by atoms with van der Waals surface area (Å²) in [5.41, 5.74) is 2.42. The minimum atomic E-state index is -0.315. The van der Waals surface area contributed by atoms with Crippen LogP contribution < -0.4 is 5.56 Å². The second kappa shape index (κ2) is 9.77. The van der Waals surface area contributed by atoms with Crippen molar-refractivity contribution >= 4 is 28.7 Å². The number of nitrogens with zero attached hydrogens (tertiary/aromatic N) is 5. The summed E-state index contributed by atoms with van der Waals surface area (Å²) in [5, 5.41) is 8.80. The van der Waals surface area contributed by atoms with Crippen molar-refractivity contribution in [1.82, 2.24) is 29.9 Å². The Morgan fingerprint density at radius 1 is 1.12 bits per heavy atom. The van der Waals surface area contributed by atoms with Gasteiger partial charge in [0.05, 0.1) is 6.54 Å². The van der Waals surface area contributed by atoms with Gasteiger partial charge in [-0.05, 0) is 42.5 Å². The molecule has 9 heteroatoms. The van der Waals surface area contributed by atoms with Crippen molar-refractivity contribution in [3.63, 3.8) is 0 Å². The van der Waals surface area contributed by atoms with Crippen LogP contribution in [-0.2, 0) is 17.8 Å². The van der Waals surface area contributed by atoms with E-state index < -0.39 is 0 Å². The standard InChI is InChI=1S/C25H25ClN6O2/c26-20-10-4-8-18(14-20)15-32-24-22(29-30-32)25(34)28-23(27-24)19-9-5-13-31(16-19)21(33)12-11-17-6-2-1-3-7-17/h1-4,6-8,10,14,19H,5,9,11-13,15-16H2,(H,27,28,34)/t19-/m0/s1. The number of amides is 1. The van der Waals surface area contributed by atoms with E-state index in [0.717, 1.165) is 36.9 Å². The van der Waals surface area contributed by atoms with Crippen molar-refractivity contribution in [2.24, 2.45) is 0 Å². The Bertz CT molecular complexity index is 1370. The van der Waals surface area contributed by atoms with Crippen LogP contribution in [0.25, 0.3) is 11.2 Å². The lowest BCUT2D eigenvalue weighted by Crippen LogP contribution is -2.40. The highest BCUT2D eigenvalue weighted by Gasteiger charge is 2.27. The molecule has 1 saturated heterocycles. The van der Waals surface area contributed by atoms with Gasteiger partial charge in [0.25, 0.3) is 5.56 Å². The fourth-order valence-corrected chi connectivity index (χ4v) is 4.69. The third kappa shape index (κ3) is 4.87. The number of benzene rings is 2. The molecule has 0 spiro atoms. The van der Waals surface area contributed by atoms with E-state index in [0.29, 0.717) is 36.0 Å². The number of fused-ring (bicyclic) bond motifs is 1. The molecule has 1 amide bonds. The molecule has 5 rings (SSSR count). The van der Waals surface area contributed by atoms with Gasteiger partial charge >= 0.3 is 0 Å². The Labute approximate surface area is 201 Å². The number of rotatable bonds is 6. The molecule has 0 radical (unpaired) electrons. The van der Waals surface area contributed by atoms with E-state index in [1.165, 1.54) is 0 Å². The number of nitrogens with one attached hydrogen (secondary N) is 1. The van der Waals surface area contributed by atoms with Crippen LogP contribution in [0.1, 0.15) is 42.1 Å². The number of aryl methyl sites for hydroxylation is 1. The van der Waals surface area contributed by atoms with Gasteiger partial charge in [-0.1, -0.05) is 59.3 Å². The summed E-state index contributed by atoms with van der Waals surface area (Å²) >= 11 is 6.10. The fourth-order valence-electron chi connectivity index (χ4n) is 4.47. The molecule has 0 bridgehead atoms. The Hall–Kier alpha value is -3.52. The molecule has 1 aliphatic heterocycles. The molecule has 174 valence electrons. The predicted molar refractivity (Wildman–Crippen MR) is 130 cm³/mol. The number of carbonyl (C=O) groups excluding carboxylic acids is 1. The van der Waals surface area contributed by atoms with Gasteiger partial charge in [-0.2, -0.15) is 0 Å². The number of likely N-dealkylation sites (tertiary alicyclic amines) is 1. The Morgan fingerprint density at radius 3 is 2.76 bits per heavy atom. The quantitative estimate of drug-likeness (QED) is 0.459. The average molecular weight is 477 g/mol. The first-order chi connectivity index (χ1) is 16.6. The second-order valence-electron chi connectivity index (χ2n) is 8.66. The molecule has 1 N–H and O–H groups in total. The molecular weight excluding hydrogens is 452 g/mol. The van der Waals surface area contributed by atoms with E-state index in [1.807, 2.05) is 59.5 Å². The van der Waals surface area contributed by atoms with Crippen LogP contribution in [0.15, 0.2) is 59.4 Å². The van der Waals surface area contributed by atoms with Gasteiger partial charge in [-0.3, -0.25) is 9.59 Å². The Kier molecular flexibility index (Phi) is 6.40. The maximum Gasteiger partial charge on any atom is 0.281 e. The zero-order chi connectivity index (χ0) is 23.5. The molecule has 4 aromatic rings. The lowest BCUT2D eigenvalue weighted by molar-refractivity contribution is -0.132. The van der Waals surface area contributed by atoms with E-state index in [2.05, 4.69) is 15.3 Å². The normalized spacial score (nSPS) is 16.1. The van der Waals surface area contributed by atoms with Crippen LogP contribution in [0.2, 0.25) is 5.02 Å². The number of H-pyrrole nitrogens is 1. The third-order valence-corrected chi connectivity index (χ3v) is 6.48. The molecule has 0 saturated carbocycles. The van der Waals surface area contributed by atoms with Gasteiger partial charge in [0.2, 0.25) is 5.91 Å². The molecule has 2 aromatic carbocycles. The van der Waals surface area contributed by atoms with Gasteiger partial charge in [-0.15, -0.1) is 5.10 Å². The average Bonchev–Trinajstić information content (AvgIpc) is 3.26. The smallest absolute Gasteiger partial charge is 0.281 e. The van der Waals surface area contributed by atoms with Crippen LogP contribution in [0, 0.1) is 0 Å². The molecular formula is C25H25ClN6O2. The van der Waals surface area contributed by atoms with Crippen LogP contribution in [0.4, 0.5) is 0 Å². The largest absolute Gasteiger partial charge is 0.342 e. The van der Waals surface area contributed by atoms with Gasteiger partial charge in [0, 0.05) is 30.5 Å². The number of aromatic nitrogens is 5. The van der Waals surface area contributed by atoms with Crippen molar-refractivity contribution in [3.05, 3.63) is 86.9 Å². The zero-order valence-electron chi connectivity index (χ0n) is 18.7. The van der Waals surface area contributed by atoms with Crippen molar-refractivity contribution in [3.8, 4) is 0 Å². The first-order valence-electron chi connectivity index (χ1n) is 11.5. The number of halogens is 1. The topological polar surface area (TPSA) is 96.8 Å². The summed E-state index contributed by atoms with van der Waals surface area (Å²) in [6, 6.07) is 17.5. The minimum absolute atomic E-state index is 0.0407. The van der Waals surface area contributed by atoms with Crippen molar-refractivity contribution < 1.29 is 4.79 Å². The van der Waals surface area contributed by atoms with Crippen molar-refractivity contribution in [1.29, 1.82) is 0 Å². The zero-order valence-corrected chi connectivity index (χ0v) is 19.4. The van der Waals surface area contributed by atoms with E-state index in [1.54, 1.807) is 4.68 Å². The molecule has 34 heavy (non-hydrogen) atoms. The van der Waals surface area contributed by atoms with Gasteiger partial charge < -0.3 is 9.88 Å². The summed E-state index contributed by atoms with van der Waals surface area (Å²) in [7, 11) is 0. The predicted octanol–water partition coefficient (Wildman–Crippen LogP) is 3.56. The molecule has 1 fully saturated rings.